The Morgan fingerprint density at radius 1 is 1.62 bits per heavy atom. The highest BCUT2D eigenvalue weighted by molar-refractivity contribution is 7.91. The average molecular weight is 243 g/mol. The third kappa shape index (κ3) is 2.82. The Bertz CT molecular complexity index is 452. The minimum Gasteiger partial charge on any atom is -0.334 e. The molecule has 2 rings (SSSR count). The second-order valence-corrected chi connectivity index (χ2v) is 6.45. The van der Waals surface area contributed by atoms with Crippen molar-refractivity contribution in [3.05, 3.63) is 18.2 Å². The second-order valence-electron chi connectivity index (χ2n) is 4.22. The Kier molecular flexibility index (Phi) is 3.30. The molecular weight excluding hydrogens is 226 g/mol. The Labute approximate surface area is 95.8 Å². The van der Waals surface area contributed by atoms with Crippen molar-refractivity contribution in [2.24, 2.45) is 0 Å². The zero-order chi connectivity index (χ0) is 11.6. The van der Waals surface area contributed by atoms with E-state index in [0.29, 0.717) is 5.75 Å². The molecule has 0 aliphatic carbocycles. The number of sulfone groups is 1. The molecule has 1 N–H and O–H groups in total. The van der Waals surface area contributed by atoms with Crippen LogP contribution < -0.4 is 5.32 Å². The molecule has 1 fully saturated rings. The first-order valence-corrected chi connectivity index (χ1v) is 7.30. The number of hydrogen-bond donors (Lipinski definition) is 1. The molecule has 90 valence electrons. The van der Waals surface area contributed by atoms with Crippen LogP contribution in [0.3, 0.4) is 0 Å². The van der Waals surface area contributed by atoms with Crippen LogP contribution in [0, 0.1) is 6.92 Å². The molecule has 1 unspecified atom stereocenters. The van der Waals surface area contributed by atoms with Gasteiger partial charge in [-0.1, -0.05) is 0 Å². The van der Waals surface area contributed by atoms with Crippen molar-refractivity contribution in [3.8, 4) is 0 Å². The van der Waals surface area contributed by atoms with E-state index in [9.17, 15) is 8.42 Å². The molecule has 0 radical (unpaired) electrons. The van der Waals surface area contributed by atoms with E-state index in [1.807, 2.05) is 13.1 Å². The van der Waals surface area contributed by atoms with E-state index in [2.05, 4.69) is 14.9 Å². The van der Waals surface area contributed by atoms with Gasteiger partial charge in [0, 0.05) is 31.5 Å². The summed E-state index contributed by atoms with van der Waals surface area (Å²) in [7, 11) is -2.77. The van der Waals surface area contributed by atoms with Gasteiger partial charge in [-0.05, 0) is 13.3 Å². The molecule has 0 bridgehead atoms. The third-order valence-electron chi connectivity index (χ3n) is 2.94. The predicted molar refractivity (Wildman–Crippen MR) is 62.0 cm³/mol. The van der Waals surface area contributed by atoms with Crippen molar-refractivity contribution in [2.75, 3.05) is 18.1 Å². The van der Waals surface area contributed by atoms with E-state index in [-0.39, 0.29) is 11.8 Å². The summed E-state index contributed by atoms with van der Waals surface area (Å²) in [5.74, 6) is 1.60. The molecule has 0 spiro atoms. The Balaban J connectivity index is 1.75. The first-order valence-electron chi connectivity index (χ1n) is 5.48. The van der Waals surface area contributed by atoms with Crippen LogP contribution in [0.5, 0.6) is 0 Å². The van der Waals surface area contributed by atoms with Gasteiger partial charge in [0.15, 0.2) is 9.84 Å². The van der Waals surface area contributed by atoms with Gasteiger partial charge < -0.3 is 9.88 Å². The van der Waals surface area contributed by atoms with Crippen LogP contribution >= 0.6 is 0 Å². The summed E-state index contributed by atoms with van der Waals surface area (Å²) in [6.07, 6.45) is 4.45. The fraction of sp³-hybridized carbons (Fsp3) is 0.700. The first kappa shape index (κ1) is 11.6. The summed E-state index contributed by atoms with van der Waals surface area (Å²) in [6, 6.07) is 0.133. The van der Waals surface area contributed by atoms with Crippen molar-refractivity contribution in [2.45, 2.75) is 25.9 Å². The number of nitrogens with one attached hydrogen (secondary N) is 1. The van der Waals surface area contributed by atoms with Gasteiger partial charge in [0.25, 0.3) is 0 Å². The van der Waals surface area contributed by atoms with E-state index in [1.165, 1.54) is 0 Å². The highest BCUT2D eigenvalue weighted by Gasteiger charge is 2.26. The zero-order valence-electron chi connectivity index (χ0n) is 9.39. The Hall–Kier alpha value is -0.880. The summed E-state index contributed by atoms with van der Waals surface area (Å²) < 4.78 is 24.5. The smallest absolute Gasteiger partial charge is 0.151 e. The fourth-order valence-electron chi connectivity index (χ4n) is 1.99. The van der Waals surface area contributed by atoms with Crippen LogP contribution in [0.2, 0.25) is 0 Å². The number of hydrogen-bond acceptors (Lipinski definition) is 4. The molecule has 0 amide bonds. The van der Waals surface area contributed by atoms with Gasteiger partial charge in [0.1, 0.15) is 5.82 Å². The van der Waals surface area contributed by atoms with Gasteiger partial charge in [0.2, 0.25) is 0 Å². The largest absolute Gasteiger partial charge is 0.334 e. The Morgan fingerprint density at radius 3 is 3.00 bits per heavy atom. The molecule has 0 saturated carbocycles. The summed E-state index contributed by atoms with van der Waals surface area (Å²) in [5, 5.41) is 3.27. The summed E-state index contributed by atoms with van der Waals surface area (Å²) >= 11 is 0. The predicted octanol–water partition coefficient (Wildman–Crippen LogP) is -0.0318. The number of imidazole rings is 1. The van der Waals surface area contributed by atoms with Crippen LogP contribution in [0.4, 0.5) is 0 Å². The minimum atomic E-state index is -2.77. The highest BCUT2D eigenvalue weighted by atomic mass is 32.2. The topological polar surface area (TPSA) is 64.0 Å². The number of rotatable bonds is 4. The molecule has 1 aliphatic rings. The van der Waals surface area contributed by atoms with Gasteiger partial charge in [-0.15, -0.1) is 0 Å². The molecule has 5 nitrogen and oxygen atoms in total. The van der Waals surface area contributed by atoms with Crippen molar-refractivity contribution in [1.29, 1.82) is 0 Å². The van der Waals surface area contributed by atoms with Gasteiger partial charge >= 0.3 is 0 Å². The Morgan fingerprint density at radius 2 is 2.44 bits per heavy atom. The summed E-state index contributed by atoms with van der Waals surface area (Å²) in [6.45, 7) is 3.58. The van der Waals surface area contributed by atoms with E-state index in [1.54, 1.807) is 6.20 Å². The molecule has 1 aromatic heterocycles. The van der Waals surface area contributed by atoms with Crippen LogP contribution in [-0.2, 0) is 16.4 Å². The van der Waals surface area contributed by atoms with Crippen molar-refractivity contribution in [1.82, 2.24) is 14.9 Å². The molecule has 1 aromatic rings. The maximum absolute atomic E-state index is 11.2. The average Bonchev–Trinajstić information content (AvgIpc) is 2.74. The second kappa shape index (κ2) is 4.55. The normalized spacial score (nSPS) is 23.7. The lowest BCUT2D eigenvalue weighted by molar-refractivity contribution is 0.515. The molecule has 1 aliphatic heterocycles. The minimum absolute atomic E-state index is 0.133. The molecular formula is C10H17N3O2S. The zero-order valence-corrected chi connectivity index (χ0v) is 10.2. The quantitative estimate of drug-likeness (QED) is 0.806. The number of aryl methyl sites for hydroxylation is 1. The van der Waals surface area contributed by atoms with Crippen molar-refractivity contribution >= 4 is 9.84 Å². The van der Waals surface area contributed by atoms with E-state index in [0.717, 1.165) is 25.3 Å². The lowest BCUT2D eigenvalue weighted by Crippen LogP contribution is -2.32. The maximum atomic E-state index is 11.2. The van der Waals surface area contributed by atoms with Gasteiger partial charge in [-0.25, -0.2) is 13.4 Å². The SMILES string of the molecule is Cc1nccn1CCNC1CCS(=O)(=O)C1. The highest BCUT2D eigenvalue weighted by Crippen LogP contribution is 2.10. The third-order valence-corrected chi connectivity index (χ3v) is 4.71. The van der Waals surface area contributed by atoms with Crippen LogP contribution in [-0.4, -0.2) is 42.1 Å². The molecule has 16 heavy (non-hydrogen) atoms. The van der Waals surface area contributed by atoms with Crippen LogP contribution in [0.15, 0.2) is 12.4 Å². The molecule has 6 heteroatoms. The summed E-state index contributed by atoms with van der Waals surface area (Å²) in [5.41, 5.74) is 0. The monoisotopic (exact) mass is 243 g/mol. The summed E-state index contributed by atoms with van der Waals surface area (Å²) in [4.78, 5) is 4.13. The van der Waals surface area contributed by atoms with E-state index >= 15 is 0 Å². The van der Waals surface area contributed by atoms with Crippen LogP contribution in [0.25, 0.3) is 0 Å². The fourth-order valence-corrected chi connectivity index (χ4v) is 3.69. The molecule has 2 heterocycles. The lowest BCUT2D eigenvalue weighted by atomic mass is 10.2. The van der Waals surface area contributed by atoms with Crippen LogP contribution in [0.1, 0.15) is 12.2 Å². The van der Waals surface area contributed by atoms with E-state index in [4.69, 9.17) is 0 Å². The lowest BCUT2D eigenvalue weighted by Gasteiger charge is -2.11. The van der Waals surface area contributed by atoms with Crippen molar-refractivity contribution in [3.63, 3.8) is 0 Å². The van der Waals surface area contributed by atoms with Gasteiger partial charge in [0.05, 0.1) is 11.5 Å². The molecule has 0 aromatic carbocycles. The molecule has 1 saturated heterocycles. The van der Waals surface area contributed by atoms with Gasteiger partial charge in [-0.2, -0.15) is 0 Å². The first-order chi connectivity index (χ1) is 7.57. The maximum Gasteiger partial charge on any atom is 0.151 e. The van der Waals surface area contributed by atoms with Crippen molar-refractivity contribution < 1.29 is 8.42 Å². The van der Waals surface area contributed by atoms with Gasteiger partial charge in [-0.3, -0.25) is 0 Å². The number of aromatic nitrogens is 2. The van der Waals surface area contributed by atoms with E-state index < -0.39 is 9.84 Å². The number of nitrogens with zero attached hydrogens (tertiary/aromatic N) is 2. The molecule has 1 atom stereocenters. The standard InChI is InChI=1S/C10H17N3O2S/c1-9-11-3-5-13(9)6-4-12-10-2-7-16(14,15)8-10/h3,5,10,12H,2,4,6-8H2,1H3.